The molecule has 0 spiro atoms. The third kappa shape index (κ3) is 5.67. The van der Waals surface area contributed by atoms with Crippen molar-refractivity contribution in [2.24, 2.45) is 16.8 Å². The molecule has 0 bridgehead atoms. The van der Waals surface area contributed by atoms with Crippen molar-refractivity contribution in [3.63, 3.8) is 0 Å². The van der Waals surface area contributed by atoms with Crippen LogP contribution in [0.1, 0.15) is 85.6 Å². The zero-order chi connectivity index (χ0) is 41.0. The van der Waals surface area contributed by atoms with Gasteiger partial charge < -0.3 is 9.73 Å². The molecular formula is C58H48N2O. The van der Waals surface area contributed by atoms with Crippen molar-refractivity contribution in [3.8, 4) is 22.3 Å². The molecule has 4 aliphatic carbocycles. The molecule has 2 heterocycles. The van der Waals surface area contributed by atoms with E-state index in [1.165, 1.54) is 66.9 Å². The number of hydrogen-bond acceptors (Lipinski definition) is 3. The second kappa shape index (κ2) is 13.4. The van der Waals surface area contributed by atoms with Gasteiger partial charge in [0, 0.05) is 44.7 Å². The lowest BCUT2D eigenvalue weighted by molar-refractivity contribution is 0.556. The SMILES string of the molecule is CC1(C)c2ccccc2-c2cc3c(cc21)-c1cc(C2=CCC(C4=CCC(C5=CC(c6ccc7c(c6)oc6ccccc67)=NC(c6ccccc6)N5)C=C4)C=C2)ccc1C3(C)C. The monoisotopic (exact) mass is 788 g/mol. The van der Waals surface area contributed by atoms with Crippen molar-refractivity contribution in [2.75, 3.05) is 0 Å². The Morgan fingerprint density at radius 3 is 2.02 bits per heavy atom. The van der Waals surface area contributed by atoms with Crippen LogP contribution in [-0.2, 0) is 10.8 Å². The molecule has 61 heavy (non-hydrogen) atoms. The molecule has 0 radical (unpaired) electrons. The van der Waals surface area contributed by atoms with Crippen molar-refractivity contribution in [1.29, 1.82) is 0 Å². The van der Waals surface area contributed by atoms with Gasteiger partial charge in [0.1, 0.15) is 17.3 Å². The van der Waals surface area contributed by atoms with Crippen LogP contribution in [-0.4, -0.2) is 5.71 Å². The maximum absolute atomic E-state index is 6.29. The number of allylic oxidation sites excluding steroid dienone is 9. The lowest BCUT2D eigenvalue weighted by Gasteiger charge is -2.30. The summed E-state index contributed by atoms with van der Waals surface area (Å²) in [5, 5.41) is 6.08. The van der Waals surface area contributed by atoms with Crippen molar-refractivity contribution >= 4 is 33.2 Å². The normalized spacial score (nSPS) is 21.5. The summed E-state index contributed by atoms with van der Waals surface area (Å²) in [5.41, 5.74) is 21.4. The average molecular weight is 789 g/mol. The van der Waals surface area contributed by atoms with Gasteiger partial charge in [-0.1, -0.05) is 155 Å². The van der Waals surface area contributed by atoms with Crippen molar-refractivity contribution in [2.45, 2.75) is 57.5 Å². The molecule has 3 unspecified atom stereocenters. The van der Waals surface area contributed by atoms with E-state index in [9.17, 15) is 0 Å². The molecule has 7 aromatic rings. The van der Waals surface area contributed by atoms with Crippen LogP contribution in [0.25, 0.3) is 49.8 Å². The molecule has 3 heteroatoms. The van der Waals surface area contributed by atoms with E-state index in [1.807, 2.05) is 12.1 Å². The van der Waals surface area contributed by atoms with Crippen molar-refractivity contribution in [3.05, 3.63) is 220 Å². The van der Waals surface area contributed by atoms with Gasteiger partial charge in [0.25, 0.3) is 0 Å². The molecule has 1 N–H and O–H groups in total. The van der Waals surface area contributed by atoms with Gasteiger partial charge in [-0.25, -0.2) is 0 Å². The molecule has 1 aliphatic heterocycles. The maximum atomic E-state index is 6.29. The summed E-state index contributed by atoms with van der Waals surface area (Å²) in [7, 11) is 0. The largest absolute Gasteiger partial charge is 0.456 e. The van der Waals surface area contributed by atoms with Crippen LogP contribution in [0.2, 0.25) is 0 Å². The highest BCUT2D eigenvalue weighted by molar-refractivity contribution is 6.13. The molecule has 6 aromatic carbocycles. The Morgan fingerprint density at radius 1 is 0.557 bits per heavy atom. The van der Waals surface area contributed by atoms with Gasteiger partial charge in [0.15, 0.2) is 0 Å². The van der Waals surface area contributed by atoms with Crippen LogP contribution in [0.3, 0.4) is 0 Å². The Kier molecular flexibility index (Phi) is 7.94. The molecule has 1 aromatic heterocycles. The van der Waals surface area contributed by atoms with Gasteiger partial charge in [0.05, 0.1) is 5.71 Å². The Morgan fingerprint density at radius 2 is 1.23 bits per heavy atom. The lowest BCUT2D eigenvalue weighted by Crippen LogP contribution is -2.29. The lowest BCUT2D eigenvalue weighted by atomic mass is 9.79. The first-order chi connectivity index (χ1) is 29.7. The van der Waals surface area contributed by atoms with Crippen LogP contribution in [0.15, 0.2) is 191 Å². The molecule has 3 atom stereocenters. The molecule has 3 nitrogen and oxygen atoms in total. The Balaban J connectivity index is 0.789. The predicted molar refractivity (Wildman–Crippen MR) is 253 cm³/mol. The van der Waals surface area contributed by atoms with E-state index >= 15 is 0 Å². The number of benzene rings is 6. The number of furan rings is 1. The second-order valence-corrected chi connectivity index (χ2v) is 18.6. The fourth-order valence-corrected chi connectivity index (χ4v) is 11.0. The van der Waals surface area contributed by atoms with Gasteiger partial charge in [-0.15, -0.1) is 0 Å². The third-order valence-electron chi connectivity index (χ3n) is 14.4. The number of aliphatic imine (C=N–C) groups is 1. The van der Waals surface area contributed by atoms with Crippen LogP contribution in [0.5, 0.6) is 0 Å². The molecular weight excluding hydrogens is 741 g/mol. The molecule has 5 aliphatic rings. The fraction of sp³-hybridized carbons (Fsp3) is 0.190. The Bertz CT molecular complexity index is 3180. The van der Waals surface area contributed by atoms with E-state index in [-0.39, 0.29) is 22.9 Å². The summed E-state index contributed by atoms with van der Waals surface area (Å²) in [5.74, 6) is 0.591. The zero-order valence-corrected chi connectivity index (χ0v) is 35.2. The van der Waals surface area contributed by atoms with E-state index in [1.54, 1.807) is 0 Å². The fourth-order valence-electron chi connectivity index (χ4n) is 11.0. The second-order valence-electron chi connectivity index (χ2n) is 18.6. The minimum atomic E-state index is -0.172. The van der Waals surface area contributed by atoms with Gasteiger partial charge in [-0.3, -0.25) is 4.99 Å². The standard InChI is InChI=1S/C58H48N2O/c1-57(2)48-16-10-8-14-42(48)46-32-51-47(33-50(46)57)45-30-40(27-29-49(45)58(51,3)4)37-20-18-35(19-21-37)36-22-24-38(25-23-36)52-34-53(60-56(59-52)39-12-6-5-7-13-39)41-26-28-44-43-15-9-11-17-54(43)61-55(44)31-41/h5-18,20-24,26-35,38,56,59H,19,25H2,1-4H3. The summed E-state index contributed by atoms with van der Waals surface area (Å²) >= 11 is 0. The van der Waals surface area contributed by atoms with Crippen LogP contribution in [0, 0.1) is 11.8 Å². The van der Waals surface area contributed by atoms with Gasteiger partial charge in [0.2, 0.25) is 0 Å². The minimum absolute atomic E-state index is 0.0185. The minimum Gasteiger partial charge on any atom is -0.456 e. The predicted octanol–water partition coefficient (Wildman–Crippen LogP) is 14.3. The first kappa shape index (κ1) is 36.2. The smallest absolute Gasteiger partial charge is 0.145 e. The van der Waals surface area contributed by atoms with Gasteiger partial charge >= 0.3 is 0 Å². The van der Waals surface area contributed by atoms with E-state index in [2.05, 4.69) is 191 Å². The van der Waals surface area contributed by atoms with Crippen molar-refractivity contribution in [1.82, 2.24) is 5.32 Å². The highest BCUT2D eigenvalue weighted by Gasteiger charge is 2.41. The summed E-state index contributed by atoms with van der Waals surface area (Å²) in [6.45, 7) is 9.56. The highest BCUT2D eigenvalue weighted by atomic mass is 16.3. The van der Waals surface area contributed by atoms with Crippen LogP contribution >= 0.6 is 0 Å². The number of fused-ring (bicyclic) bond motifs is 9. The molecule has 12 rings (SSSR count). The maximum Gasteiger partial charge on any atom is 0.145 e. The number of hydrogen-bond donors (Lipinski definition) is 1. The quantitative estimate of drug-likeness (QED) is 0.189. The molecule has 0 saturated heterocycles. The topological polar surface area (TPSA) is 37.5 Å². The average Bonchev–Trinajstić information content (AvgIpc) is 3.87. The molecule has 0 fully saturated rings. The van der Waals surface area contributed by atoms with E-state index in [4.69, 9.17) is 9.41 Å². The number of nitrogens with one attached hydrogen (secondary N) is 1. The molecule has 0 saturated carbocycles. The first-order valence-corrected chi connectivity index (χ1v) is 21.9. The summed E-state index contributed by atoms with van der Waals surface area (Å²) in [6.07, 6.45) is 18.4. The Labute approximate surface area is 358 Å². The zero-order valence-electron chi connectivity index (χ0n) is 35.2. The number of para-hydroxylation sites is 1. The number of rotatable bonds is 5. The summed E-state index contributed by atoms with van der Waals surface area (Å²) < 4.78 is 6.29. The van der Waals surface area contributed by atoms with E-state index < -0.39 is 0 Å². The Hall–Kier alpha value is -6.71. The third-order valence-corrected chi connectivity index (χ3v) is 14.4. The highest BCUT2D eigenvalue weighted by Crippen LogP contribution is 2.56. The summed E-state index contributed by atoms with van der Waals surface area (Å²) in [4.78, 5) is 5.25. The van der Waals surface area contributed by atoms with Crippen molar-refractivity contribution < 1.29 is 4.42 Å². The molecule has 0 amide bonds. The van der Waals surface area contributed by atoms with Crippen LogP contribution < -0.4 is 5.32 Å². The molecule has 296 valence electrons. The first-order valence-electron chi connectivity index (χ1n) is 21.9. The number of nitrogens with zero attached hydrogens (tertiary/aromatic N) is 1. The van der Waals surface area contributed by atoms with Gasteiger partial charge in [-0.2, -0.15) is 0 Å². The summed E-state index contributed by atoms with van der Waals surface area (Å²) in [6, 6.07) is 46.5. The van der Waals surface area contributed by atoms with Crippen LogP contribution in [0.4, 0.5) is 0 Å². The van der Waals surface area contributed by atoms with Gasteiger partial charge in [-0.05, 0) is 122 Å². The van der Waals surface area contributed by atoms with E-state index in [0.29, 0.717) is 5.92 Å². The van der Waals surface area contributed by atoms with E-state index in [0.717, 1.165) is 51.6 Å².